The van der Waals surface area contributed by atoms with Crippen molar-refractivity contribution in [2.45, 2.75) is 4.90 Å². The number of sulfonamides is 1. The Hall–Kier alpha value is -4.34. The second kappa shape index (κ2) is 11.8. The molecule has 0 fully saturated rings. The molecule has 4 aromatic carbocycles. The Morgan fingerprint density at radius 2 is 1.45 bits per heavy atom. The van der Waals surface area contributed by atoms with Crippen LogP contribution in [0.1, 0.15) is 10.4 Å². The average Bonchev–Trinajstić information content (AvgIpc) is 2.94. The first kappa shape index (κ1) is 26.7. The van der Waals surface area contributed by atoms with Crippen LogP contribution >= 0.6 is 11.6 Å². The maximum atomic E-state index is 13.6. The van der Waals surface area contributed by atoms with Gasteiger partial charge < -0.3 is 14.8 Å². The second-order valence-corrected chi connectivity index (χ2v) is 10.2. The summed E-state index contributed by atoms with van der Waals surface area (Å²) >= 11 is 6.20. The van der Waals surface area contributed by atoms with E-state index in [0.717, 1.165) is 4.31 Å². The van der Waals surface area contributed by atoms with Gasteiger partial charge in [0.15, 0.2) is 0 Å². The predicted molar refractivity (Wildman–Crippen MR) is 145 cm³/mol. The van der Waals surface area contributed by atoms with Gasteiger partial charge in [-0.25, -0.2) is 13.2 Å². The number of carbonyl (C=O) groups is 2. The highest BCUT2D eigenvalue weighted by Gasteiger charge is 2.27. The molecule has 0 saturated heterocycles. The number of para-hydroxylation sites is 1. The highest BCUT2D eigenvalue weighted by atomic mass is 35.5. The van der Waals surface area contributed by atoms with E-state index in [1.165, 1.54) is 37.4 Å². The van der Waals surface area contributed by atoms with Gasteiger partial charge in [-0.15, -0.1) is 0 Å². The van der Waals surface area contributed by atoms with Gasteiger partial charge in [0.05, 0.1) is 34.0 Å². The molecule has 1 amide bonds. The van der Waals surface area contributed by atoms with E-state index in [0.29, 0.717) is 11.5 Å². The number of nitrogens with zero attached hydrogens (tertiary/aromatic N) is 1. The summed E-state index contributed by atoms with van der Waals surface area (Å²) in [4.78, 5) is 25.0. The number of anilines is 2. The third kappa shape index (κ3) is 6.31. The van der Waals surface area contributed by atoms with Crippen LogP contribution in [0, 0.1) is 0 Å². The SMILES string of the molecule is COC(=O)c1ccc(Cl)c(NC(=O)CN(c2ccc(Oc3ccccc3)cc2)S(=O)(=O)c2ccccc2)c1. The molecule has 0 unspecified atom stereocenters. The highest BCUT2D eigenvalue weighted by molar-refractivity contribution is 7.92. The molecular formula is C28H23ClN2O6S. The van der Waals surface area contributed by atoms with E-state index >= 15 is 0 Å². The van der Waals surface area contributed by atoms with Crippen molar-refractivity contribution >= 4 is 44.9 Å². The van der Waals surface area contributed by atoms with Crippen LogP contribution in [0.4, 0.5) is 11.4 Å². The maximum absolute atomic E-state index is 13.6. The van der Waals surface area contributed by atoms with Crippen LogP contribution in [0.3, 0.4) is 0 Å². The number of hydrogen-bond acceptors (Lipinski definition) is 6. The van der Waals surface area contributed by atoms with Gasteiger partial charge in [0.2, 0.25) is 5.91 Å². The van der Waals surface area contributed by atoms with E-state index < -0.39 is 28.4 Å². The number of halogens is 1. The number of methoxy groups -OCH3 is 1. The van der Waals surface area contributed by atoms with E-state index in [1.807, 2.05) is 18.2 Å². The number of ether oxygens (including phenoxy) is 2. The van der Waals surface area contributed by atoms with E-state index in [2.05, 4.69) is 5.32 Å². The number of nitrogens with one attached hydrogen (secondary N) is 1. The molecular weight excluding hydrogens is 528 g/mol. The first-order valence-electron chi connectivity index (χ1n) is 11.4. The maximum Gasteiger partial charge on any atom is 0.337 e. The summed E-state index contributed by atoms with van der Waals surface area (Å²) in [6, 6.07) is 27.5. The summed E-state index contributed by atoms with van der Waals surface area (Å²) < 4.78 is 38.6. The molecule has 0 bridgehead atoms. The number of amides is 1. The Kier molecular flexibility index (Phi) is 8.30. The highest BCUT2D eigenvalue weighted by Crippen LogP contribution is 2.29. The molecule has 0 spiro atoms. The number of hydrogen-bond donors (Lipinski definition) is 1. The van der Waals surface area contributed by atoms with Crippen molar-refractivity contribution in [1.29, 1.82) is 0 Å². The van der Waals surface area contributed by atoms with E-state index in [9.17, 15) is 18.0 Å². The van der Waals surface area contributed by atoms with Crippen molar-refractivity contribution < 1.29 is 27.5 Å². The average molecular weight is 551 g/mol. The van der Waals surface area contributed by atoms with Gasteiger partial charge in [-0.05, 0) is 66.7 Å². The molecule has 4 aromatic rings. The van der Waals surface area contributed by atoms with Crippen LogP contribution in [-0.2, 0) is 19.6 Å². The first-order chi connectivity index (χ1) is 18.3. The second-order valence-electron chi connectivity index (χ2n) is 7.97. The molecule has 0 saturated carbocycles. The molecule has 0 atom stereocenters. The summed E-state index contributed by atoms with van der Waals surface area (Å²) in [6.45, 7) is -0.561. The first-order valence-corrected chi connectivity index (χ1v) is 13.2. The largest absolute Gasteiger partial charge is 0.465 e. The molecule has 4 rings (SSSR count). The Morgan fingerprint density at radius 3 is 2.08 bits per heavy atom. The minimum atomic E-state index is -4.12. The summed E-state index contributed by atoms with van der Waals surface area (Å²) in [7, 11) is -2.89. The van der Waals surface area contributed by atoms with Gasteiger partial charge in [-0.1, -0.05) is 48.0 Å². The van der Waals surface area contributed by atoms with E-state index in [4.69, 9.17) is 21.1 Å². The molecule has 0 aromatic heterocycles. The van der Waals surface area contributed by atoms with Gasteiger partial charge >= 0.3 is 5.97 Å². The molecule has 194 valence electrons. The monoisotopic (exact) mass is 550 g/mol. The van der Waals surface area contributed by atoms with Gasteiger partial charge in [0, 0.05) is 0 Å². The molecule has 0 aliphatic carbocycles. The standard InChI is InChI=1S/C28H23ClN2O6S/c1-36-28(33)20-12-17-25(29)26(18-20)30-27(32)19-31(38(34,35)24-10-6-3-7-11-24)21-13-15-23(16-14-21)37-22-8-4-2-5-9-22/h2-18H,19H2,1H3,(H,30,32). The van der Waals surface area contributed by atoms with E-state index in [1.54, 1.807) is 54.6 Å². The molecule has 1 N–H and O–H groups in total. The Labute approximate surface area is 225 Å². The minimum Gasteiger partial charge on any atom is -0.465 e. The van der Waals surface area contributed by atoms with Gasteiger partial charge in [-0.2, -0.15) is 0 Å². The van der Waals surface area contributed by atoms with Crippen LogP contribution in [0.15, 0.2) is 108 Å². The number of rotatable bonds is 9. The van der Waals surface area contributed by atoms with Gasteiger partial charge in [0.1, 0.15) is 18.0 Å². The predicted octanol–water partition coefficient (Wildman–Crippen LogP) is 5.75. The van der Waals surface area contributed by atoms with E-state index in [-0.39, 0.29) is 26.9 Å². The third-order valence-corrected chi connectivity index (χ3v) is 7.50. The normalized spacial score (nSPS) is 10.9. The fraction of sp³-hybridized carbons (Fsp3) is 0.0714. The quantitative estimate of drug-likeness (QED) is 0.266. The zero-order valence-electron chi connectivity index (χ0n) is 20.2. The number of carbonyl (C=O) groups excluding carboxylic acids is 2. The topological polar surface area (TPSA) is 102 Å². The summed E-state index contributed by atoms with van der Waals surface area (Å²) in [5, 5.41) is 2.76. The molecule has 0 radical (unpaired) electrons. The lowest BCUT2D eigenvalue weighted by Crippen LogP contribution is -2.38. The summed E-state index contributed by atoms with van der Waals surface area (Å²) in [5.41, 5.74) is 0.567. The molecule has 0 aliphatic rings. The van der Waals surface area contributed by atoms with Gasteiger partial charge in [0.25, 0.3) is 10.0 Å². The Bertz CT molecular complexity index is 1530. The van der Waals surface area contributed by atoms with Crippen molar-refractivity contribution in [3.63, 3.8) is 0 Å². The van der Waals surface area contributed by atoms with Crippen molar-refractivity contribution in [3.8, 4) is 11.5 Å². The van der Waals surface area contributed by atoms with Crippen molar-refractivity contribution in [2.75, 3.05) is 23.3 Å². The Morgan fingerprint density at radius 1 is 0.842 bits per heavy atom. The minimum absolute atomic E-state index is 0.0168. The fourth-order valence-electron chi connectivity index (χ4n) is 3.53. The van der Waals surface area contributed by atoms with Crippen molar-refractivity contribution in [2.24, 2.45) is 0 Å². The lowest BCUT2D eigenvalue weighted by Gasteiger charge is -2.24. The van der Waals surface area contributed by atoms with Crippen LogP contribution in [0.2, 0.25) is 5.02 Å². The zero-order chi connectivity index (χ0) is 27.1. The van der Waals surface area contributed by atoms with Crippen LogP contribution < -0.4 is 14.4 Å². The van der Waals surface area contributed by atoms with Crippen molar-refractivity contribution in [1.82, 2.24) is 0 Å². The van der Waals surface area contributed by atoms with Crippen molar-refractivity contribution in [3.05, 3.63) is 114 Å². The van der Waals surface area contributed by atoms with Gasteiger partial charge in [-0.3, -0.25) is 9.10 Å². The smallest absolute Gasteiger partial charge is 0.337 e. The lowest BCUT2D eigenvalue weighted by atomic mass is 10.2. The Balaban J connectivity index is 1.62. The number of benzene rings is 4. The summed E-state index contributed by atoms with van der Waals surface area (Å²) in [6.07, 6.45) is 0. The zero-order valence-corrected chi connectivity index (χ0v) is 21.8. The van der Waals surface area contributed by atoms with Crippen LogP contribution in [0.5, 0.6) is 11.5 Å². The summed E-state index contributed by atoms with van der Waals surface area (Å²) in [5.74, 6) is -0.159. The molecule has 0 aliphatic heterocycles. The molecule has 10 heteroatoms. The van der Waals surface area contributed by atoms with Crippen LogP contribution in [0.25, 0.3) is 0 Å². The molecule has 38 heavy (non-hydrogen) atoms. The lowest BCUT2D eigenvalue weighted by molar-refractivity contribution is -0.114. The third-order valence-electron chi connectivity index (χ3n) is 5.38. The van der Waals surface area contributed by atoms with Crippen LogP contribution in [-0.4, -0.2) is 33.9 Å². The molecule has 0 heterocycles. The number of esters is 1. The molecule has 8 nitrogen and oxygen atoms in total. The fourth-order valence-corrected chi connectivity index (χ4v) is 5.13.